The fraction of sp³-hybridized carbons (Fsp3) is 0.636. The molecular formula is C11H16N4O4. The van der Waals surface area contributed by atoms with Gasteiger partial charge in [0.25, 0.3) is 5.91 Å². The summed E-state index contributed by atoms with van der Waals surface area (Å²) in [6.45, 7) is 4.59. The third-order valence-corrected chi connectivity index (χ3v) is 3.02. The van der Waals surface area contributed by atoms with E-state index < -0.39 is 4.92 Å². The predicted molar refractivity (Wildman–Crippen MR) is 65.8 cm³/mol. The Labute approximate surface area is 110 Å². The molecule has 1 aliphatic heterocycles. The minimum Gasteiger partial charge on any atom is -0.372 e. The number of aromatic nitrogens is 2. The number of rotatable bonds is 2. The largest absolute Gasteiger partial charge is 0.372 e. The van der Waals surface area contributed by atoms with E-state index in [9.17, 15) is 14.9 Å². The fourth-order valence-electron chi connectivity index (χ4n) is 2.31. The highest BCUT2D eigenvalue weighted by atomic mass is 16.6. The molecule has 2 atom stereocenters. The van der Waals surface area contributed by atoms with Crippen LogP contribution in [0.25, 0.3) is 0 Å². The van der Waals surface area contributed by atoms with Gasteiger partial charge in [0, 0.05) is 13.1 Å². The van der Waals surface area contributed by atoms with E-state index in [1.807, 2.05) is 13.8 Å². The zero-order valence-corrected chi connectivity index (χ0v) is 11.1. The highest BCUT2D eigenvalue weighted by Gasteiger charge is 2.32. The molecule has 1 aliphatic rings. The Hall–Kier alpha value is -1.96. The number of morpholine rings is 1. The highest BCUT2D eigenvalue weighted by Crippen LogP contribution is 2.21. The zero-order valence-electron chi connectivity index (χ0n) is 11.1. The molecule has 1 aromatic heterocycles. The molecule has 2 rings (SSSR count). The molecule has 0 bridgehead atoms. The monoisotopic (exact) mass is 268 g/mol. The third-order valence-electron chi connectivity index (χ3n) is 3.02. The second-order valence-electron chi connectivity index (χ2n) is 4.73. The topological polar surface area (TPSA) is 90.5 Å². The second-order valence-corrected chi connectivity index (χ2v) is 4.73. The van der Waals surface area contributed by atoms with Crippen LogP contribution in [0.3, 0.4) is 0 Å². The summed E-state index contributed by atoms with van der Waals surface area (Å²) in [5.74, 6) is -0.654. The van der Waals surface area contributed by atoms with Crippen LogP contribution in [0.4, 0.5) is 5.82 Å². The van der Waals surface area contributed by atoms with Gasteiger partial charge in [-0.25, -0.2) is 0 Å². The Balaban J connectivity index is 2.27. The van der Waals surface area contributed by atoms with Crippen LogP contribution in [0.5, 0.6) is 0 Å². The van der Waals surface area contributed by atoms with Gasteiger partial charge in [0.15, 0.2) is 5.56 Å². The first kappa shape index (κ1) is 13.5. The Kier molecular flexibility index (Phi) is 3.52. The molecular weight excluding hydrogens is 252 g/mol. The standard InChI is InChI=1S/C11H16N4O4/c1-7-5-14(6-8(2)19-7)11(16)9-4-12-13(3)10(9)15(17)18/h4,7-8H,5-6H2,1-3H3/t7-,8-/m0/s1. The predicted octanol–water partition coefficient (Wildman–Crippen LogP) is 0.578. The smallest absolute Gasteiger partial charge is 0.357 e. The normalized spacial score (nSPS) is 23.4. The average Bonchev–Trinajstić information content (AvgIpc) is 2.68. The highest BCUT2D eigenvalue weighted by molar-refractivity contribution is 5.97. The molecule has 0 spiro atoms. The molecule has 8 nitrogen and oxygen atoms in total. The lowest BCUT2D eigenvalue weighted by molar-refractivity contribution is -0.392. The number of hydrogen-bond donors (Lipinski definition) is 0. The van der Waals surface area contributed by atoms with E-state index in [2.05, 4.69) is 5.10 Å². The quantitative estimate of drug-likeness (QED) is 0.578. The number of ether oxygens (including phenoxy) is 1. The Morgan fingerprint density at radius 1 is 1.47 bits per heavy atom. The maximum Gasteiger partial charge on any atom is 0.357 e. The summed E-state index contributed by atoms with van der Waals surface area (Å²) in [5, 5.41) is 14.8. The summed E-state index contributed by atoms with van der Waals surface area (Å²) in [6.07, 6.45) is 1.08. The van der Waals surface area contributed by atoms with Crippen molar-refractivity contribution in [2.75, 3.05) is 13.1 Å². The van der Waals surface area contributed by atoms with Crippen molar-refractivity contribution >= 4 is 11.7 Å². The number of carbonyl (C=O) groups is 1. The molecule has 0 unspecified atom stereocenters. The van der Waals surface area contributed by atoms with Crippen molar-refractivity contribution in [2.45, 2.75) is 26.1 Å². The van der Waals surface area contributed by atoms with E-state index in [0.29, 0.717) is 13.1 Å². The van der Waals surface area contributed by atoms with E-state index in [-0.39, 0.29) is 29.5 Å². The van der Waals surface area contributed by atoms with Gasteiger partial charge in [0.1, 0.15) is 7.05 Å². The molecule has 8 heteroatoms. The van der Waals surface area contributed by atoms with Crippen molar-refractivity contribution in [3.8, 4) is 0 Å². The molecule has 1 aromatic rings. The number of carbonyl (C=O) groups excluding carboxylic acids is 1. The van der Waals surface area contributed by atoms with E-state index in [1.165, 1.54) is 13.2 Å². The molecule has 2 heterocycles. The molecule has 0 N–H and O–H groups in total. The van der Waals surface area contributed by atoms with Gasteiger partial charge in [-0.15, -0.1) is 4.68 Å². The molecule has 19 heavy (non-hydrogen) atoms. The average molecular weight is 268 g/mol. The molecule has 1 saturated heterocycles. The first-order chi connectivity index (χ1) is 8.90. The lowest BCUT2D eigenvalue weighted by atomic mass is 10.2. The van der Waals surface area contributed by atoms with Crippen molar-refractivity contribution in [3.63, 3.8) is 0 Å². The summed E-state index contributed by atoms with van der Waals surface area (Å²) in [6, 6.07) is 0. The molecule has 0 radical (unpaired) electrons. The van der Waals surface area contributed by atoms with Crippen LogP contribution in [0, 0.1) is 10.1 Å². The van der Waals surface area contributed by atoms with Crippen LogP contribution < -0.4 is 0 Å². The van der Waals surface area contributed by atoms with Crippen molar-refractivity contribution in [2.24, 2.45) is 7.05 Å². The Bertz CT molecular complexity index is 503. The molecule has 1 fully saturated rings. The van der Waals surface area contributed by atoms with Crippen LogP contribution in [0.2, 0.25) is 0 Å². The van der Waals surface area contributed by atoms with Gasteiger partial charge in [-0.1, -0.05) is 5.10 Å². The number of amides is 1. The molecule has 0 saturated carbocycles. The van der Waals surface area contributed by atoms with Gasteiger partial charge in [0.05, 0.1) is 18.4 Å². The summed E-state index contributed by atoms with van der Waals surface area (Å²) in [5.41, 5.74) is 0.0220. The van der Waals surface area contributed by atoms with E-state index in [0.717, 1.165) is 4.68 Å². The minimum atomic E-state index is -0.590. The van der Waals surface area contributed by atoms with Crippen molar-refractivity contribution in [1.82, 2.24) is 14.7 Å². The summed E-state index contributed by atoms with van der Waals surface area (Å²) in [7, 11) is 1.44. The molecule has 0 aliphatic carbocycles. The molecule has 1 amide bonds. The lowest BCUT2D eigenvalue weighted by Gasteiger charge is -2.34. The summed E-state index contributed by atoms with van der Waals surface area (Å²) in [4.78, 5) is 24.3. The third kappa shape index (κ3) is 2.58. The number of hydrogen-bond acceptors (Lipinski definition) is 5. The SMILES string of the molecule is C[C@H]1CN(C(=O)c2cnn(C)c2[N+](=O)[O-])C[C@H](C)O1. The number of nitro groups is 1. The van der Waals surface area contributed by atoms with Crippen molar-refractivity contribution in [3.05, 3.63) is 21.9 Å². The Morgan fingerprint density at radius 3 is 2.58 bits per heavy atom. The van der Waals surface area contributed by atoms with Gasteiger partial charge >= 0.3 is 5.82 Å². The maximum atomic E-state index is 12.3. The first-order valence-corrected chi connectivity index (χ1v) is 6.01. The summed E-state index contributed by atoms with van der Waals surface area (Å²) >= 11 is 0. The van der Waals surface area contributed by atoms with E-state index in [4.69, 9.17) is 4.74 Å². The van der Waals surface area contributed by atoms with Gasteiger partial charge in [-0.3, -0.25) is 4.79 Å². The van der Waals surface area contributed by atoms with Crippen LogP contribution in [-0.2, 0) is 11.8 Å². The van der Waals surface area contributed by atoms with E-state index >= 15 is 0 Å². The molecule has 0 aromatic carbocycles. The van der Waals surface area contributed by atoms with Gasteiger partial charge in [-0.05, 0) is 18.8 Å². The lowest BCUT2D eigenvalue weighted by Crippen LogP contribution is -2.48. The van der Waals surface area contributed by atoms with Gasteiger partial charge < -0.3 is 19.8 Å². The van der Waals surface area contributed by atoms with E-state index in [1.54, 1.807) is 4.90 Å². The maximum absolute atomic E-state index is 12.3. The summed E-state index contributed by atoms with van der Waals surface area (Å²) < 4.78 is 6.63. The van der Waals surface area contributed by atoms with Crippen LogP contribution >= 0.6 is 0 Å². The minimum absolute atomic E-state index is 0.0220. The van der Waals surface area contributed by atoms with Gasteiger partial charge in [0.2, 0.25) is 0 Å². The first-order valence-electron chi connectivity index (χ1n) is 6.01. The number of nitrogens with zero attached hydrogens (tertiary/aromatic N) is 4. The second kappa shape index (κ2) is 4.96. The molecule has 104 valence electrons. The fourth-order valence-corrected chi connectivity index (χ4v) is 2.31. The Morgan fingerprint density at radius 2 is 2.05 bits per heavy atom. The van der Waals surface area contributed by atoms with Gasteiger partial charge in [-0.2, -0.15) is 0 Å². The van der Waals surface area contributed by atoms with Crippen molar-refractivity contribution < 1.29 is 14.5 Å². The van der Waals surface area contributed by atoms with Crippen LogP contribution in [-0.4, -0.2) is 50.8 Å². The van der Waals surface area contributed by atoms with Crippen LogP contribution in [0.1, 0.15) is 24.2 Å². The number of aryl methyl sites for hydroxylation is 1. The van der Waals surface area contributed by atoms with Crippen LogP contribution in [0.15, 0.2) is 6.20 Å². The zero-order chi connectivity index (χ0) is 14.2. The van der Waals surface area contributed by atoms with Crippen molar-refractivity contribution in [1.29, 1.82) is 0 Å².